The Morgan fingerprint density at radius 1 is 1.35 bits per heavy atom. The van der Waals surface area contributed by atoms with Gasteiger partial charge in [0.1, 0.15) is 0 Å². The van der Waals surface area contributed by atoms with Crippen molar-refractivity contribution in [3.63, 3.8) is 0 Å². The molecule has 1 aromatic rings. The molecule has 0 aliphatic carbocycles. The summed E-state index contributed by atoms with van der Waals surface area (Å²) in [5.74, 6) is 2.49. The van der Waals surface area contributed by atoms with Crippen molar-refractivity contribution in [1.29, 1.82) is 0 Å². The minimum Gasteiger partial charge on any atom is -0.370 e. The summed E-state index contributed by atoms with van der Waals surface area (Å²) in [5, 5.41) is 0. The van der Waals surface area contributed by atoms with Crippen LogP contribution in [0.5, 0.6) is 0 Å². The van der Waals surface area contributed by atoms with E-state index in [1.807, 2.05) is 11.8 Å². The number of anilines is 1. The van der Waals surface area contributed by atoms with E-state index in [1.54, 1.807) is 0 Å². The second-order valence-electron chi connectivity index (χ2n) is 4.50. The van der Waals surface area contributed by atoms with Gasteiger partial charge in [0.05, 0.1) is 0 Å². The number of aromatic nitrogens is 1. The van der Waals surface area contributed by atoms with Gasteiger partial charge in [0.15, 0.2) is 0 Å². The largest absolute Gasteiger partial charge is 0.370 e. The van der Waals surface area contributed by atoms with E-state index in [-0.39, 0.29) is 0 Å². The van der Waals surface area contributed by atoms with Gasteiger partial charge in [-0.25, -0.2) is 0 Å². The second kappa shape index (κ2) is 5.74. The van der Waals surface area contributed by atoms with Crippen LogP contribution in [0.1, 0.15) is 23.4 Å². The summed E-state index contributed by atoms with van der Waals surface area (Å²) < 4.78 is 0. The summed E-state index contributed by atoms with van der Waals surface area (Å²) in [6, 6.07) is 2.19. The van der Waals surface area contributed by atoms with Crippen LogP contribution in [-0.2, 0) is 6.54 Å². The summed E-state index contributed by atoms with van der Waals surface area (Å²) >= 11 is 2.05. The first-order valence-electron chi connectivity index (χ1n) is 6.22. The lowest BCUT2D eigenvalue weighted by Gasteiger charge is -2.26. The number of rotatable bonds is 2. The molecule has 1 saturated heterocycles. The number of hydrogen-bond acceptors (Lipinski definition) is 4. The standard InChI is InChI=1S/C13H21N3S/c1-10-8-13(12(9-14)11(2)15-10)16-4-3-6-17-7-5-16/h8H,3-7,9,14H2,1-2H3. The quantitative estimate of drug-likeness (QED) is 0.874. The molecule has 1 aromatic heterocycles. The molecule has 4 heteroatoms. The van der Waals surface area contributed by atoms with Crippen LogP contribution in [0.3, 0.4) is 0 Å². The van der Waals surface area contributed by atoms with Crippen LogP contribution in [0, 0.1) is 13.8 Å². The average molecular weight is 251 g/mol. The predicted octanol–water partition coefficient (Wildman–Crippen LogP) is 2.10. The molecule has 0 bridgehead atoms. The third kappa shape index (κ3) is 2.93. The Morgan fingerprint density at radius 2 is 2.18 bits per heavy atom. The Labute approximate surface area is 108 Å². The maximum absolute atomic E-state index is 5.88. The molecule has 94 valence electrons. The number of hydrogen-bond donors (Lipinski definition) is 1. The third-order valence-electron chi connectivity index (χ3n) is 3.20. The normalized spacial score (nSPS) is 17.0. The van der Waals surface area contributed by atoms with E-state index < -0.39 is 0 Å². The Bertz CT molecular complexity index is 384. The first-order valence-corrected chi connectivity index (χ1v) is 7.37. The van der Waals surface area contributed by atoms with Crippen molar-refractivity contribution in [3.8, 4) is 0 Å². The Morgan fingerprint density at radius 3 is 2.94 bits per heavy atom. The first kappa shape index (κ1) is 12.7. The highest BCUT2D eigenvalue weighted by atomic mass is 32.2. The van der Waals surface area contributed by atoms with Crippen LogP contribution in [0.15, 0.2) is 6.07 Å². The van der Waals surface area contributed by atoms with Gasteiger partial charge in [0.25, 0.3) is 0 Å². The summed E-state index contributed by atoms with van der Waals surface area (Å²) in [7, 11) is 0. The van der Waals surface area contributed by atoms with Crippen LogP contribution in [-0.4, -0.2) is 29.6 Å². The Hall–Kier alpha value is -0.740. The first-order chi connectivity index (χ1) is 8.22. The third-order valence-corrected chi connectivity index (χ3v) is 4.25. The molecular weight excluding hydrogens is 230 g/mol. The smallest absolute Gasteiger partial charge is 0.0448 e. The lowest BCUT2D eigenvalue weighted by molar-refractivity contribution is 0.802. The van der Waals surface area contributed by atoms with Crippen molar-refractivity contribution in [3.05, 3.63) is 23.0 Å². The van der Waals surface area contributed by atoms with Gasteiger partial charge >= 0.3 is 0 Å². The van der Waals surface area contributed by atoms with Gasteiger partial charge in [-0.3, -0.25) is 4.98 Å². The number of thioether (sulfide) groups is 1. The fourth-order valence-electron chi connectivity index (χ4n) is 2.36. The molecule has 0 aromatic carbocycles. The SMILES string of the molecule is Cc1cc(N2CCCSCC2)c(CN)c(C)n1. The van der Waals surface area contributed by atoms with E-state index in [4.69, 9.17) is 5.73 Å². The average Bonchev–Trinajstić information content (AvgIpc) is 2.56. The number of nitrogens with zero attached hydrogens (tertiary/aromatic N) is 2. The molecule has 1 fully saturated rings. The molecule has 17 heavy (non-hydrogen) atoms. The Balaban J connectivity index is 2.34. The summed E-state index contributed by atoms with van der Waals surface area (Å²) in [6.45, 7) is 6.97. The molecule has 0 spiro atoms. The second-order valence-corrected chi connectivity index (χ2v) is 5.73. The molecule has 0 amide bonds. The highest BCUT2D eigenvalue weighted by Gasteiger charge is 2.15. The van der Waals surface area contributed by atoms with E-state index in [1.165, 1.54) is 29.2 Å². The van der Waals surface area contributed by atoms with E-state index >= 15 is 0 Å². The highest BCUT2D eigenvalue weighted by molar-refractivity contribution is 7.99. The number of aryl methyl sites for hydroxylation is 2. The summed E-state index contributed by atoms with van der Waals surface area (Å²) in [5.41, 5.74) is 10.6. The molecule has 0 saturated carbocycles. The van der Waals surface area contributed by atoms with Crippen LogP contribution in [0.25, 0.3) is 0 Å². The van der Waals surface area contributed by atoms with E-state index in [2.05, 4.69) is 29.8 Å². The lowest BCUT2D eigenvalue weighted by Crippen LogP contribution is -2.27. The maximum atomic E-state index is 5.88. The van der Waals surface area contributed by atoms with E-state index in [9.17, 15) is 0 Å². The zero-order valence-corrected chi connectivity index (χ0v) is 11.5. The highest BCUT2D eigenvalue weighted by Crippen LogP contribution is 2.25. The molecule has 0 unspecified atom stereocenters. The molecule has 1 aliphatic rings. The van der Waals surface area contributed by atoms with Crippen LogP contribution < -0.4 is 10.6 Å². The lowest BCUT2D eigenvalue weighted by atomic mass is 10.1. The van der Waals surface area contributed by atoms with Crippen LogP contribution in [0.2, 0.25) is 0 Å². The van der Waals surface area contributed by atoms with Gasteiger partial charge in [-0.05, 0) is 32.1 Å². The zero-order chi connectivity index (χ0) is 12.3. The fourth-order valence-corrected chi connectivity index (χ4v) is 3.24. The van der Waals surface area contributed by atoms with Gasteiger partial charge in [0, 0.05) is 48.0 Å². The molecule has 3 nitrogen and oxygen atoms in total. The zero-order valence-electron chi connectivity index (χ0n) is 10.7. The molecular formula is C13H21N3S. The van der Waals surface area contributed by atoms with E-state index in [0.29, 0.717) is 6.54 Å². The van der Waals surface area contributed by atoms with Crippen LogP contribution >= 0.6 is 11.8 Å². The van der Waals surface area contributed by atoms with Gasteiger partial charge in [-0.15, -0.1) is 0 Å². The van der Waals surface area contributed by atoms with Crippen molar-refractivity contribution in [2.75, 3.05) is 29.5 Å². The molecule has 2 heterocycles. The van der Waals surface area contributed by atoms with Crippen LogP contribution in [0.4, 0.5) is 5.69 Å². The summed E-state index contributed by atoms with van der Waals surface area (Å²) in [6.07, 6.45) is 1.26. The molecule has 2 N–H and O–H groups in total. The number of pyridine rings is 1. The van der Waals surface area contributed by atoms with Gasteiger partial charge < -0.3 is 10.6 Å². The van der Waals surface area contributed by atoms with Gasteiger partial charge in [0.2, 0.25) is 0 Å². The van der Waals surface area contributed by atoms with E-state index in [0.717, 1.165) is 24.5 Å². The monoisotopic (exact) mass is 251 g/mol. The van der Waals surface area contributed by atoms with Crippen molar-refractivity contribution in [2.45, 2.75) is 26.8 Å². The van der Waals surface area contributed by atoms with Crippen molar-refractivity contribution < 1.29 is 0 Å². The number of nitrogens with two attached hydrogens (primary N) is 1. The molecule has 2 rings (SSSR count). The molecule has 1 aliphatic heterocycles. The summed E-state index contributed by atoms with van der Waals surface area (Å²) in [4.78, 5) is 6.99. The fraction of sp³-hybridized carbons (Fsp3) is 0.615. The predicted molar refractivity (Wildman–Crippen MR) is 75.8 cm³/mol. The van der Waals surface area contributed by atoms with Gasteiger partial charge in [-0.2, -0.15) is 11.8 Å². The van der Waals surface area contributed by atoms with Crippen molar-refractivity contribution >= 4 is 17.4 Å². The molecule has 0 atom stereocenters. The maximum Gasteiger partial charge on any atom is 0.0448 e. The molecule has 0 radical (unpaired) electrons. The van der Waals surface area contributed by atoms with Crippen molar-refractivity contribution in [1.82, 2.24) is 4.98 Å². The topological polar surface area (TPSA) is 42.1 Å². The minimum absolute atomic E-state index is 0.581. The Kier molecular flexibility index (Phi) is 4.29. The minimum atomic E-state index is 0.581. The van der Waals surface area contributed by atoms with Crippen molar-refractivity contribution in [2.24, 2.45) is 5.73 Å². The van der Waals surface area contributed by atoms with Gasteiger partial charge in [-0.1, -0.05) is 0 Å².